The summed E-state index contributed by atoms with van der Waals surface area (Å²) >= 11 is 0. The molecule has 2 aliphatic heterocycles. The van der Waals surface area contributed by atoms with Crippen molar-refractivity contribution in [3.63, 3.8) is 0 Å². The third-order valence-electron chi connectivity index (χ3n) is 4.66. The van der Waals surface area contributed by atoms with Crippen molar-refractivity contribution in [1.29, 1.82) is 0 Å². The molecule has 0 unspecified atom stereocenters. The SMILES string of the molecule is Cc1cc([C@@H]2CCCN2C(=O)CN2C(=O)COc3ccccc32)no1. The zero-order valence-electron chi connectivity index (χ0n) is 14.0. The smallest absolute Gasteiger partial charge is 0.265 e. The fraction of sp³-hybridized carbons (Fsp3) is 0.389. The molecule has 2 aromatic rings. The van der Waals surface area contributed by atoms with E-state index in [2.05, 4.69) is 5.16 Å². The molecule has 1 fully saturated rings. The Balaban J connectivity index is 1.54. The van der Waals surface area contributed by atoms with Gasteiger partial charge in [0.2, 0.25) is 5.91 Å². The van der Waals surface area contributed by atoms with E-state index in [1.165, 1.54) is 4.90 Å². The number of likely N-dealkylation sites (tertiary alicyclic amines) is 1. The van der Waals surface area contributed by atoms with Crippen LogP contribution < -0.4 is 9.64 Å². The Morgan fingerprint density at radius 2 is 2.20 bits per heavy atom. The maximum Gasteiger partial charge on any atom is 0.265 e. The number of aryl methyl sites for hydroxylation is 1. The number of ether oxygens (including phenoxy) is 1. The number of anilines is 1. The van der Waals surface area contributed by atoms with Gasteiger partial charge in [-0.25, -0.2) is 0 Å². The van der Waals surface area contributed by atoms with Crippen molar-refractivity contribution < 1.29 is 18.8 Å². The van der Waals surface area contributed by atoms with E-state index < -0.39 is 0 Å². The molecule has 0 radical (unpaired) electrons. The lowest BCUT2D eigenvalue weighted by molar-refractivity contribution is -0.132. The zero-order chi connectivity index (χ0) is 17.4. The summed E-state index contributed by atoms with van der Waals surface area (Å²) in [6, 6.07) is 9.05. The minimum atomic E-state index is -0.208. The maximum atomic E-state index is 12.9. The standard InChI is InChI=1S/C18H19N3O4/c1-12-9-13(19-25-12)14-6-4-8-20(14)17(22)10-21-15-5-2-3-7-16(15)24-11-18(21)23/h2-3,5,7,9,14H,4,6,8,10-11H2,1H3/t14-/m0/s1. The average molecular weight is 341 g/mol. The van der Waals surface area contributed by atoms with Crippen molar-refractivity contribution in [1.82, 2.24) is 10.1 Å². The van der Waals surface area contributed by atoms with Crippen LogP contribution in [0.15, 0.2) is 34.9 Å². The molecule has 0 spiro atoms. The van der Waals surface area contributed by atoms with E-state index in [1.54, 1.807) is 17.0 Å². The number of carbonyl (C=O) groups is 2. The lowest BCUT2D eigenvalue weighted by atomic mass is 10.1. The van der Waals surface area contributed by atoms with Gasteiger partial charge in [-0.3, -0.25) is 14.5 Å². The van der Waals surface area contributed by atoms with Crippen molar-refractivity contribution in [3.8, 4) is 5.75 Å². The third-order valence-corrected chi connectivity index (χ3v) is 4.66. The summed E-state index contributed by atoms with van der Waals surface area (Å²) in [5.41, 5.74) is 1.41. The van der Waals surface area contributed by atoms with Gasteiger partial charge in [0.05, 0.1) is 11.7 Å². The van der Waals surface area contributed by atoms with Gasteiger partial charge in [-0.05, 0) is 31.9 Å². The van der Waals surface area contributed by atoms with Crippen LogP contribution in [0, 0.1) is 6.92 Å². The molecule has 1 saturated heterocycles. The van der Waals surface area contributed by atoms with Crippen LogP contribution in [0.25, 0.3) is 0 Å². The zero-order valence-corrected chi connectivity index (χ0v) is 14.0. The summed E-state index contributed by atoms with van der Waals surface area (Å²) in [7, 11) is 0. The van der Waals surface area contributed by atoms with Crippen molar-refractivity contribution in [3.05, 3.63) is 41.8 Å². The Hall–Kier alpha value is -2.83. The molecule has 25 heavy (non-hydrogen) atoms. The Morgan fingerprint density at radius 3 is 3.00 bits per heavy atom. The number of carbonyl (C=O) groups excluding carboxylic acids is 2. The second-order valence-corrected chi connectivity index (χ2v) is 6.34. The van der Waals surface area contributed by atoms with E-state index >= 15 is 0 Å². The van der Waals surface area contributed by atoms with Gasteiger partial charge in [0.25, 0.3) is 5.91 Å². The molecule has 7 heteroatoms. The second-order valence-electron chi connectivity index (χ2n) is 6.34. The molecule has 2 amide bonds. The number of nitrogens with zero attached hydrogens (tertiary/aromatic N) is 3. The first kappa shape index (κ1) is 15.7. The highest BCUT2D eigenvalue weighted by atomic mass is 16.5. The van der Waals surface area contributed by atoms with Crippen molar-refractivity contribution in [2.45, 2.75) is 25.8 Å². The van der Waals surface area contributed by atoms with E-state index in [4.69, 9.17) is 9.26 Å². The predicted molar refractivity (Wildman–Crippen MR) is 89.2 cm³/mol. The highest BCUT2D eigenvalue weighted by Gasteiger charge is 2.35. The summed E-state index contributed by atoms with van der Waals surface area (Å²) in [5, 5.41) is 4.06. The number of rotatable bonds is 3. The lowest BCUT2D eigenvalue weighted by Crippen LogP contribution is -2.46. The van der Waals surface area contributed by atoms with Crippen LogP contribution in [0.1, 0.15) is 30.3 Å². The van der Waals surface area contributed by atoms with Crippen LogP contribution in [0.2, 0.25) is 0 Å². The number of hydrogen-bond acceptors (Lipinski definition) is 5. The summed E-state index contributed by atoms with van der Waals surface area (Å²) in [5.74, 6) is 1.06. The Kier molecular flexibility index (Phi) is 3.91. The van der Waals surface area contributed by atoms with Crippen molar-refractivity contribution in [2.75, 3.05) is 24.6 Å². The molecular formula is C18H19N3O4. The topological polar surface area (TPSA) is 75.9 Å². The number of benzene rings is 1. The van der Waals surface area contributed by atoms with Crippen molar-refractivity contribution in [2.24, 2.45) is 0 Å². The number of amides is 2. The van der Waals surface area contributed by atoms with E-state index in [0.29, 0.717) is 18.0 Å². The number of hydrogen-bond donors (Lipinski definition) is 0. The van der Waals surface area contributed by atoms with E-state index in [0.717, 1.165) is 24.3 Å². The fourth-order valence-corrected chi connectivity index (χ4v) is 3.47. The molecule has 0 aliphatic carbocycles. The molecule has 7 nitrogen and oxygen atoms in total. The Morgan fingerprint density at radius 1 is 1.36 bits per heavy atom. The van der Waals surface area contributed by atoms with Gasteiger partial charge in [-0.2, -0.15) is 0 Å². The summed E-state index contributed by atoms with van der Waals surface area (Å²) < 4.78 is 10.6. The van der Waals surface area contributed by atoms with Crippen LogP contribution in [0.5, 0.6) is 5.75 Å². The Bertz CT molecular complexity index is 816. The van der Waals surface area contributed by atoms with Gasteiger partial charge >= 0.3 is 0 Å². The molecule has 2 aliphatic rings. The van der Waals surface area contributed by atoms with E-state index in [9.17, 15) is 9.59 Å². The van der Waals surface area contributed by atoms with Crippen LogP contribution in [0.4, 0.5) is 5.69 Å². The quantitative estimate of drug-likeness (QED) is 0.854. The molecule has 1 aromatic heterocycles. The van der Waals surface area contributed by atoms with E-state index in [-0.39, 0.29) is 31.0 Å². The lowest BCUT2D eigenvalue weighted by Gasteiger charge is -2.31. The van der Waals surface area contributed by atoms with Crippen LogP contribution >= 0.6 is 0 Å². The molecule has 1 atom stereocenters. The molecule has 0 N–H and O–H groups in total. The molecule has 0 saturated carbocycles. The van der Waals surface area contributed by atoms with Crippen LogP contribution in [-0.2, 0) is 9.59 Å². The molecule has 1 aromatic carbocycles. The fourth-order valence-electron chi connectivity index (χ4n) is 3.47. The Labute approximate surface area is 145 Å². The first-order valence-corrected chi connectivity index (χ1v) is 8.38. The normalized spacial score (nSPS) is 19.7. The highest BCUT2D eigenvalue weighted by Crippen LogP contribution is 2.34. The van der Waals surface area contributed by atoms with E-state index in [1.807, 2.05) is 25.1 Å². The van der Waals surface area contributed by atoms with Gasteiger partial charge in [-0.1, -0.05) is 17.3 Å². The molecule has 0 bridgehead atoms. The predicted octanol–water partition coefficient (Wildman–Crippen LogP) is 2.07. The minimum absolute atomic E-state index is 0.00649. The van der Waals surface area contributed by atoms with Crippen molar-refractivity contribution >= 4 is 17.5 Å². The number of para-hydroxylation sites is 2. The van der Waals surface area contributed by atoms with Gasteiger partial charge < -0.3 is 14.2 Å². The monoisotopic (exact) mass is 341 g/mol. The average Bonchev–Trinajstić information content (AvgIpc) is 3.26. The first-order chi connectivity index (χ1) is 12.1. The first-order valence-electron chi connectivity index (χ1n) is 8.38. The second kappa shape index (κ2) is 6.23. The molecule has 130 valence electrons. The summed E-state index contributed by atoms with van der Waals surface area (Å²) in [4.78, 5) is 28.5. The molecule has 4 rings (SSSR count). The van der Waals surface area contributed by atoms with Gasteiger partial charge in [0.1, 0.15) is 23.7 Å². The molecular weight excluding hydrogens is 322 g/mol. The minimum Gasteiger partial charge on any atom is -0.482 e. The number of aromatic nitrogens is 1. The van der Waals surface area contributed by atoms with Gasteiger partial charge in [0, 0.05) is 12.6 Å². The largest absolute Gasteiger partial charge is 0.482 e. The number of fused-ring (bicyclic) bond motifs is 1. The van der Waals surface area contributed by atoms with Crippen LogP contribution in [0.3, 0.4) is 0 Å². The highest BCUT2D eigenvalue weighted by molar-refractivity contribution is 6.02. The van der Waals surface area contributed by atoms with Gasteiger partial charge in [0.15, 0.2) is 6.61 Å². The maximum absolute atomic E-state index is 12.9. The molecule has 3 heterocycles. The van der Waals surface area contributed by atoms with Crippen LogP contribution in [-0.4, -0.2) is 41.6 Å². The van der Waals surface area contributed by atoms with Gasteiger partial charge in [-0.15, -0.1) is 0 Å². The third kappa shape index (κ3) is 2.86. The summed E-state index contributed by atoms with van der Waals surface area (Å²) in [6.07, 6.45) is 1.77. The summed E-state index contributed by atoms with van der Waals surface area (Å²) in [6.45, 7) is 2.46.